The number of hydrogen-bond acceptors (Lipinski definition) is 4. The average molecular weight is 360 g/mol. The number of ketones is 1. The lowest BCUT2D eigenvalue weighted by Crippen LogP contribution is -2.26. The zero-order valence-corrected chi connectivity index (χ0v) is 15.3. The van der Waals surface area contributed by atoms with Gasteiger partial charge in [0.05, 0.1) is 11.9 Å². The number of nitrogens with one attached hydrogen (secondary N) is 1. The second-order valence-corrected chi connectivity index (χ2v) is 7.84. The van der Waals surface area contributed by atoms with E-state index < -0.39 is 10.0 Å². The van der Waals surface area contributed by atoms with Crippen molar-refractivity contribution in [2.75, 3.05) is 22.9 Å². The molecule has 0 bridgehead atoms. The van der Waals surface area contributed by atoms with Gasteiger partial charge in [-0.15, -0.1) is 0 Å². The lowest BCUT2D eigenvalue weighted by Gasteiger charge is -2.19. The number of hydrogen-bond donors (Lipinski definition) is 1. The van der Waals surface area contributed by atoms with Crippen LogP contribution in [0.2, 0.25) is 0 Å². The quantitative estimate of drug-likeness (QED) is 0.831. The highest BCUT2D eigenvalue weighted by Gasteiger charge is 2.17. The number of Topliss-reactive ketones (excluding diaryl/α,β-unsaturated/α-hetero) is 1. The molecule has 6 nitrogen and oxygen atoms in total. The van der Waals surface area contributed by atoms with Gasteiger partial charge in [-0.25, -0.2) is 8.42 Å². The predicted octanol–water partition coefficient (Wildman–Crippen LogP) is 2.85. The zero-order valence-electron chi connectivity index (χ0n) is 14.5. The van der Waals surface area contributed by atoms with Crippen LogP contribution in [0, 0.1) is 6.92 Å². The summed E-state index contributed by atoms with van der Waals surface area (Å²) in [5, 5.41) is 2.72. The van der Waals surface area contributed by atoms with Crippen LogP contribution in [0.5, 0.6) is 0 Å². The zero-order chi connectivity index (χ0) is 18.8. The van der Waals surface area contributed by atoms with Crippen LogP contribution in [0.4, 0.5) is 11.4 Å². The van der Waals surface area contributed by atoms with Crippen molar-refractivity contribution < 1.29 is 18.0 Å². The maximum absolute atomic E-state index is 12.5. The third-order valence-corrected chi connectivity index (χ3v) is 5.03. The van der Waals surface area contributed by atoms with Gasteiger partial charge in [0.15, 0.2) is 5.78 Å². The highest BCUT2D eigenvalue weighted by molar-refractivity contribution is 7.92. The van der Waals surface area contributed by atoms with E-state index in [1.807, 2.05) is 0 Å². The SMILES string of the molecule is CC(=O)c1cccc(NC(=O)c2ccc(C)c(N(C)S(C)(=O)=O)c2)c1. The molecule has 0 radical (unpaired) electrons. The second-order valence-electron chi connectivity index (χ2n) is 5.82. The highest BCUT2D eigenvalue weighted by atomic mass is 32.2. The van der Waals surface area contributed by atoms with Crippen molar-refractivity contribution in [2.24, 2.45) is 0 Å². The van der Waals surface area contributed by atoms with Gasteiger partial charge in [-0.05, 0) is 43.7 Å². The Labute approximate surface area is 147 Å². The molecule has 0 aliphatic heterocycles. The van der Waals surface area contributed by atoms with Crippen molar-refractivity contribution >= 4 is 33.1 Å². The molecule has 0 heterocycles. The van der Waals surface area contributed by atoms with Crippen molar-refractivity contribution in [1.82, 2.24) is 0 Å². The molecule has 0 atom stereocenters. The summed E-state index contributed by atoms with van der Waals surface area (Å²) in [6, 6.07) is 11.5. The number of nitrogens with zero attached hydrogens (tertiary/aromatic N) is 1. The Kier molecular flexibility index (Phi) is 5.27. The molecule has 132 valence electrons. The van der Waals surface area contributed by atoms with Crippen molar-refractivity contribution in [3.8, 4) is 0 Å². The van der Waals surface area contributed by atoms with E-state index in [1.54, 1.807) is 43.3 Å². The lowest BCUT2D eigenvalue weighted by atomic mass is 10.1. The molecular weight excluding hydrogens is 340 g/mol. The topological polar surface area (TPSA) is 83.6 Å². The number of benzene rings is 2. The summed E-state index contributed by atoms with van der Waals surface area (Å²) < 4.78 is 24.6. The van der Waals surface area contributed by atoms with Crippen molar-refractivity contribution in [3.05, 3.63) is 59.2 Å². The molecule has 0 saturated carbocycles. The van der Waals surface area contributed by atoms with Crippen LogP contribution in [0.1, 0.15) is 33.2 Å². The second kappa shape index (κ2) is 7.06. The summed E-state index contributed by atoms with van der Waals surface area (Å²) in [5.74, 6) is -0.479. The average Bonchev–Trinajstić information content (AvgIpc) is 2.54. The van der Waals surface area contributed by atoms with Crippen LogP contribution < -0.4 is 9.62 Å². The summed E-state index contributed by atoms with van der Waals surface area (Å²) >= 11 is 0. The molecule has 0 fully saturated rings. The molecule has 0 spiro atoms. The van der Waals surface area contributed by atoms with Crippen LogP contribution in [-0.4, -0.2) is 33.4 Å². The first kappa shape index (κ1) is 18.7. The molecular formula is C18H20N2O4S. The molecule has 1 amide bonds. The van der Waals surface area contributed by atoms with Crippen LogP contribution in [0.15, 0.2) is 42.5 Å². The normalized spacial score (nSPS) is 11.0. The minimum absolute atomic E-state index is 0.0940. The molecule has 0 aromatic heterocycles. The molecule has 0 unspecified atom stereocenters. The van der Waals surface area contributed by atoms with Crippen LogP contribution >= 0.6 is 0 Å². The van der Waals surface area contributed by atoms with Gasteiger partial charge in [0, 0.05) is 23.9 Å². The molecule has 0 saturated heterocycles. The summed E-state index contributed by atoms with van der Waals surface area (Å²) in [7, 11) is -1.99. The molecule has 2 rings (SSSR count). The Hall–Kier alpha value is -2.67. The Balaban J connectivity index is 2.31. The molecule has 7 heteroatoms. The fourth-order valence-corrected chi connectivity index (χ4v) is 2.84. The van der Waals surface area contributed by atoms with Crippen molar-refractivity contribution in [1.29, 1.82) is 0 Å². The Morgan fingerprint density at radius 3 is 2.32 bits per heavy atom. The Bertz CT molecular complexity index is 936. The number of aryl methyl sites for hydroxylation is 1. The molecule has 0 aliphatic rings. The number of rotatable bonds is 5. The summed E-state index contributed by atoms with van der Waals surface area (Å²) in [4.78, 5) is 23.9. The Morgan fingerprint density at radius 1 is 1.04 bits per heavy atom. The number of carbonyl (C=O) groups is 2. The monoisotopic (exact) mass is 360 g/mol. The van der Waals surface area contributed by atoms with E-state index in [0.717, 1.165) is 16.1 Å². The van der Waals surface area contributed by atoms with Gasteiger partial charge in [0.25, 0.3) is 5.91 Å². The third kappa shape index (κ3) is 4.45. The standard InChI is InChI=1S/C18H20N2O4S/c1-12-8-9-15(11-17(12)20(3)25(4,23)24)18(22)19-16-7-5-6-14(10-16)13(2)21/h5-11H,1-4H3,(H,19,22). The van der Waals surface area contributed by atoms with Crippen LogP contribution in [0.25, 0.3) is 0 Å². The van der Waals surface area contributed by atoms with E-state index in [2.05, 4.69) is 5.32 Å². The van der Waals surface area contributed by atoms with Crippen LogP contribution in [0.3, 0.4) is 0 Å². The maximum atomic E-state index is 12.5. The minimum Gasteiger partial charge on any atom is -0.322 e. The van der Waals surface area contributed by atoms with Gasteiger partial charge in [-0.1, -0.05) is 18.2 Å². The van der Waals surface area contributed by atoms with Crippen molar-refractivity contribution in [2.45, 2.75) is 13.8 Å². The number of anilines is 2. The fraction of sp³-hybridized carbons (Fsp3) is 0.222. The smallest absolute Gasteiger partial charge is 0.255 e. The van der Waals surface area contributed by atoms with Crippen molar-refractivity contribution in [3.63, 3.8) is 0 Å². The third-order valence-electron chi connectivity index (χ3n) is 3.84. The number of carbonyl (C=O) groups excluding carboxylic acids is 2. The van der Waals surface area contributed by atoms with Gasteiger partial charge in [-0.3, -0.25) is 13.9 Å². The van der Waals surface area contributed by atoms with E-state index in [9.17, 15) is 18.0 Å². The first-order valence-electron chi connectivity index (χ1n) is 7.56. The predicted molar refractivity (Wildman–Crippen MR) is 98.8 cm³/mol. The summed E-state index contributed by atoms with van der Waals surface area (Å²) in [6.45, 7) is 3.23. The molecule has 1 N–H and O–H groups in total. The lowest BCUT2D eigenvalue weighted by molar-refractivity contribution is 0.101. The molecule has 25 heavy (non-hydrogen) atoms. The van der Waals surface area contributed by atoms with E-state index in [1.165, 1.54) is 20.0 Å². The van der Waals surface area contributed by atoms with E-state index in [4.69, 9.17) is 0 Å². The molecule has 2 aromatic rings. The first-order valence-corrected chi connectivity index (χ1v) is 9.41. The number of sulfonamides is 1. The first-order chi connectivity index (χ1) is 11.6. The van der Waals surface area contributed by atoms with E-state index in [0.29, 0.717) is 22.5 Å². The van der Waals surface area contributed by atoms with Gasteiger partial charge >= 0.3 is 0 Å². The summed E-state index contributed by atoms with van der Waals surface area (Å²) in [6.07, 6.45) is 1.10. The minimum atomic E-state index is -3.43. The fourth-order valence-electron chi connectivity index (χ4n) is 2.29. The maximum Gasteiger partial charge on any atom is 0.255 e. The molecule has 0 aliphatic carbocycles. The van der Waals surface area contributed by atoms with Crippen LogP contribution in [-0.2, 0) is 10.0 Å². The Morgan fingerprint density at radius 2 is 1.72 bits per heavy atom. The molecule has 2 aromatic carbocycles. The number of amides is 1. The highest BCUT2D eigenvalue weighted by Crippen LogP contribution is 2.23. The van der Waals surface area contributed by atoms with Gasteiger partial charge in [-0.2, -0.15) is 0 Å². The van der Waals surface area contributed by atoms with Gasteiger partial charge < -0.3 is 5.32 Å². The van der Waals surface area contributed by atoms with E-state index in [-0.39, 0.29) is 11.7 Å². The van der Waals surface area contributed by atoms with E-state index >= 15 is 0 Å². The largest absolute Gasteiger partial charge is 0.322 e. The van der Waals surface area contributed by atoms with Gasteiger partial charge in [0.1, 0.15) is 0 Å². The van der Waals surface area contributed by atoms with Gasteiger partial charge in [0.2, 0.25) is 10.0 Å². The summed E-state index contributed by atoms with van der Waals surface area (Å²) in [5.41, 5.74) is 2.50.